The first-order chi connectivity index (χ1) is 16.8. The van der Waals surface area contributed by atoms with Crippen LogP contribution in [0.1, 0.15) is 11.1 Å². The van der Waals surface area contributed by atoms with Gasteiger partial charge in [-0.25, -0.2) is 9.00 Å². The lowest BCUT2D eigenvalue weighted by molar-refractivity contribution is 0.245. The number of nitrogens with one attached hydrogen (secondary N) is 2. The summed E-state index contributed by atoms with van der Waals surface area (Å²) >= 11 is 0. The minimum Gasteiger partial charge on any atom is -0.497 e. The number of rotatable bonds is 12. The summed E-state index contributed by atoms with van der Waals surface area (Å²) in [5.74, 6) is 0.457. The fourth-order valence-electron chi connectivity index (χ4n) is 3.16. The molecule has 6 nitrogen and oxygen atoms in total. The van der Waals surface area contributed by atoms with E-state index in [-0.39, 0.29) is 0 Å². The van der Waals surface area contributed by atoms with Crippen molar-refractivity contribution in [3.8, 4) is 0 Å². The molecule has 0 aliphatic heterocycles. The summed E-state index contributed by atoms with van der Waals surface area (Å²) in [5.41, 5.74) is 3.32. The lowest BCUT2D eigenvalue weighted by Crippen LogP contribution is -2.48. The highest BCUT2D eigenvalue weighted by Gasteiger charge is 2.23. The Morgan fingerprint density at radius 1 is 1.09 bits per heavy atom. The largest absolute Gasteiger partial charge is 0.497 e. The van der Waals surface area contributed by atoms with Crippen molar-refractivity contribution in [1.29, 1.82) is 0 Å². The SMILES string of the molecule is C=CN=C(C(=C)C(=C)/C=C\C(=C)OC)C(Cc1ccccc1)NC(=O)NS(=O)c1ccccc1C. The summed E-state index contributed by atoms with van der Waals surface area (Å²) in [6, 6.07) is 15.6. The Hall–Kier alpha value is -3.97. The Morgan fingerprint density at radius 3 is 2.37 bits per heavy atom. The number of allylic oxidation sites excluding steroid dienone is 3. The van der Waals surface area contributed by atoms with Gasteiger partial charge in [-0.05, 0) is 47.8 Å². The molecular weight excluding hydrogens is 458 g/mol. The molecule has 0 aromatic heterocycles. The second kappa shape index (κ2) is 13.7. The maximum Gasteiger partial charge on any atom is 0.327 e. The van der Waals surface area contributed by atoms with E-state index in [1.54, 1.807) is 24.3 Å². The summed E-state index contributed by atoms with van der Waals surface area (Å²) in [5, 5.41) is 2.89. The highest BCUT2D eigenvalue weighted by atomic mass is 32.2. The number of ether oxygens (including phenoxy) is 1. The minimum absolute atomic E-state index is 0.415. The van der Waals surface area contributed by atoms with Crippen molar-refractivity contribution < 1.29 is 13.7 Å². The molecule has 2 unspecified atom stereocenters. The standard InChI is InChI=1S/C28H31N3O3S/c1-7-29-27(23(5)20(2)17-18-22(4)34-6)25(19-24-14-9-8-10-15-24)30-28(32)31-35(33)26-16-12-11-13-21(26)3/h7-18,25H,1-2,4-5,19H2,3,6H3,(H2,30,31,32)/b18-17-,29-27?. The first-order valence-corrected chi connectivity index (χ1v) is 12.0. The fourth-order valence-corrected chi connectivity index (χ4v) is 4.06. The number of methoxy groups -OCH3 is 1. The quantitative estimate of drug-likeness (QED) is 0.240. The normalized spacial score (nSPS) is 12.9. The van der Waals surface area contributed by atoms with Gasteiger partial charge in [0.2, 0.25) is 0 Å². The molecule has 2 rings (SSSR count). The third-order valence-corrected chi connectivity index (χ3v) is 6.28. The van der Waals surface area contributed by atoms with Gasteiger partial charge < -0.3 is 10.1 Å². The van der Waals surface area contributed by atoms with Crippen LogP contribution in [0.15, 0.2) is 126 Å². The Kier molecular flexibility index (Phi) is 10.7. The van der Waals surface area contributed by atoms with Gasteiger partial charge in [0.05, 0.1) is 23.8 Å². The Balaban J connectivity index is 2.31. The zero-order valence-electron chi connectivity index (χ0n) is 20.1. The molecule has 0 bridgehead atoms. The number of urea groups is 1. The average Bonchev–Trinajstić information content (AvgIpc) is 2.85. The van der Waals surface area contributed by atoms with Crippen LogP contribution >= 0.6 is 0 Å². The van der Waals surface area contributed by atoms with E-state index in [1.807, 2.05) is 49.4 Å². The first-order valence-electron chi connectivity index (χ1n) is 10.8. The molecule has 182 valence electrons. The second-order valence-electron chi connectivity index (χ2n) is 7.56. The van der Waals surface area contributed by atoms with Crippen LogP contribution in [-0.2, 0) is 22.1 Å². The number of amides is 2. The number of benzene rings is 2. The number of hydrogen-bond acceptors (Lipinski definition) is 4. The van der Waals surface area contributed by atoms with E-state index in [9.17, 15) is 9.00 Å². The van der Waals surface area contributed by atoms with Crippen LogP contribution in [0.25, 0.3) is 0 Å². The van der Waals surface area contributed by atoms with Crippen LogP contribution in [0.4, 0.5) is 4.79 Å². The lowest BCUT2D eigenvalue weighted by atomic mass is 9.93. The minimum atomic E-state index is -1.73. The molecule has 2 amide bonds. The van der Waals surface area contributed by atoms with E-state index < -0.39 is 23.1 Å². The van der Waals surface area contributed by atoms with Crippen molar-refractivity contribution in [2.75, 3.05) is 7.11 Å². The molecule has 35 heavy (non-hydrogen) atoms. The van der Waals surface area contributed by atoms with E-state index in [1.165, 1.54) is 13.3 Å². The molecule has 2 aromatic carbocycles. The number of aliphatic imine (C=N–C) groups is 1. The topological polar surface area (TPSA) is 79.8 Å². The second-order valence-corrected chi connectivity index (χ2v) is 8.74. The van der Waals surface area contributed by atoms with Gasteiger partial charge in [-0.15, -0.1) is 0 Å². The number of nitrogens with zero attached hydrogens (tertiary/aromatic N) is 1. The molecule has 0 radical (unpaired) electrons. The predicted octanol–water partition coefficient (Wildman–Crippen LogP) is 5.34. The third kappa shape index (κ3) is 8.39. The summed E-state index contributed by atoms with van der Waals surface area (Å²) in [6.45, 7) is 17.5. The van der Waals surface area contributed by atoms with Gasteiger partial charge in [-0.1, -0.05) is 80.9 Å². The predicted molar refractivity (Wildman–Crippen MR) is 144 cm³/mol. The smallest absolute Gasteiger partial charge is 0.327 e. The van der Waals surface area contributed by atoms with Crippen LogP contribution in [0.5, 0.6) is 0 Å². The maximum atomic E-state index is 12.9. The van der Waals surface area contributed by atoms with Gasteiger partial charge in [-0.2, -0.15) is 0 Å². The van der Waals surface area contributed by atoms with Gasteiger partial charge >= 0.3 is 6.03 Å². The maximum absolute atomic E-state index is 12.9. The number of aryl methyl sites for hydroxylation is 1. The molecule has 0 aliphatic rings. The zero-order valence-corrected chi connectivity index (χ0v) is 20.9. The molecule has 2 atom stereocenters. The van der Waals surface area contributed by atoms with Crippen LogP contribution in [-0.4, -0.2) is 29.1 Å². The van der Waals surface area contributed by atoms with Crippen molar-refractivity contribution in [3.05, 3.63) is 127 Å². The molecule has 0 saturated heterocycles. The van der Waals surface area contributed by atoms with Crippen molar-refractivity contribution in [3.63, 3.8) is 0 Å². The number of carbonyl (C=O) groups is 1. The molecular formula is C28H31N3O3S. The van der Waals surface area contributed by atoms with E-state index in [0.717, 1.165) is 11.1 Å². The van der Waals surface area contributed by atoms with Gasteiger partial charge in [-0.3, -0.25) is 9.71 Å². The van der Waals surface area contributed by atoms with Crippen LogP contribution in [0.3, 0.4) is 0 Å². The lowest BCUT2D eigenvalue weighted by Gasteiger charge is -2.23. The average molecular weight is 490 g/mol. The molecule has 0 fully saturated rings. The van der Waals surface area contributed by atoms with Crippen molar-refractivity contribution in [2.24, 2.45) is 4.99 Å². The Bertz CT molecular complexity index is 1180. The van der Waals surface area contributed by atoms with Gasteiger partial charge in [0.1, 0.15) is 5.76 Å². The Labute approximate surface area is 210 Å². The first kappa shape index (κ1) is 27.3. The van der Waals surface area contributed by atoms with Crippen molar-refractivity contribution in [2.45, 2.75) is 24.3 Å². The monoisotopic (exact) mass is 489 g/mol. The summed E-state index contributed by atoms with van der Waals surface area (Å²) in [7, 11) is -0.209. The highest BCUT2D eigenvalue weighted by molar-refractivity contribution is 7.83. The molecule has 0 spiro atoms. The van der Waals surface area contributed by atoms with Gasteiger partial charge in [0, 0.05) is 6.20 Å². The van der Waals surface area contributed by atoms with Crippen molar-refractivity contribution >= 4 is 22.7 Å². The molecule has 2 N–H and O–H groups in total. The third-order valence-electron chi connectivity index (χ3n) is 5.06. The van der Waals surface area contributed by atoms with Gasteiger partial charge in [0.15, 0.2) is 11.0 Å². The fraction of sp³-hybridized carbons (Fsp3) is 0.143. The summed E-state index contributed by atoms with van der Waals surface area (Å²) < 4.78 is 20.3. The van der Waals surface area contributed by atoms with Crippen LogP contribution < -0.4 is 10.0 Å². The van der Waals surface area contributed by atoms with Crippen LogP contribution in [0, 0.1) is 6.92 Å². The molecule has 2 aromatic rings. The van der Waals surface area contributed by atoms with E-state index in [2.05, 4.69) is 41.3 Å². The van der Waals surface area contributed by atoms with E-state index in [4.69, 9.17) is 4.74 Å². The van der Waals surface area contributed by atoms with Crippen molar-refractivity contribution in [1.82, 2.24) is 10.0 Å². The highest BCUT2D eigenvalue weighted by Crippen LogP contribution is 2.17. The summed E-state index contributed by atoms with van der Waals surface area (Å²) in [4.78, 5) is 17.8. The number of carbonyl (C=O) groups excluding carboxylic acids is 1. The van der Waals surface area contributed by atoms with E-state index in [0.29, 0.717) is 33.9 Å². The molecule has 0 saturated carbocycles. The van der Waals surface area contributed by atoms with Crippen LogP contribution in [0.2, 0.25) is 0 Å². The number of hydrogen-bond donors (Lipinski definition) is 2. The van der Waals surface area contributed by atoms with E-state index >= 15 is 0 Å². The molecule has 0 aliphatic carbocycles. The van der Waals surface area contributed by atoms with Gasteiger partial charge in [0.25, 0.3) is 0 Å². The summed E-state index contributed by atoms with van der Waals surface area (Å²) in [6.07, 6.45) is 5.17. The Morgan fingerprint density at radius 2 is 1.74 bits per heavy atom. The molecule has 0 heterocycles. The zero-order chi connectivity index (χ0) is 25.8. The molecule has 7 heteroatoms.